The van der Waals surface area contributed by atoms with Crippen LogP contribution in [0.5, 0.6) is 0 Å². The molecule has 1 unspecified atom stereocenters. The van der Waals surface area contributed by atoms with Gasteiger partial charge in [0.1, 0.15) is 0 Å². The van der Waals surface area contributed by atoms with Crippen LogP contribution in [-0.4, -0.2) is 73.0 Å². The quantitative estimate of drug-likeness (QED) is 0.199. The Morgan fingerprint density at radius 1 is 1.00 bits per heavy atom. The number of benzene rings is 3. The summed E-state index contributed by atoms with van der Waals surface area (Å²) in [5.74, 6) is -1.95. The minimum atomic E-state index is -1.01. The van der Waals surface area contributed by atoms with Crippen molar-refractivity contribution < 1.29 is 13.5 Å². The Morgan fingerprint density at radius 2 is 1.78 bits per heavy atom. The van der Waals surface area contributed by atoms with Gasteiger partial charge in [-0.05, 0) is 0 Å². The fraction of sp³-hybridized carbons (Fsp3) is 0.273. The molecule has 2 fully saturated rings. The number of aromatic nitrogens is 4. The van der Waals surface area contributed by atoms with E-state index in [2.05, 4.69) is 37.8 Å². The molecular weight excluding hydrogens is 694 g/mol. The van der Waals surface area contributed by atoms with Crippen LogP contribution in [0.15, 0.2) is 67.0 Å². The molecule has 0 bridgehead atoms. The monoisotopic (exact) mass is 721 g/mol. The van der Waals surface area contributed by atoms with Crippen molar-refractivity contribution in [1.82, 2.24) is 24.9 Å². The maximum atomic E-state index is 14.0. The Hall–Kier alpha value is -3.58. The Labute approximate surface area is 281 Å². The summed E-state index contributed by atoms with van der Waals surface area (Å²) in [5.41, 5.74) is 3.40. The second kappa shape index (κ2) is 13.3. The van der Waals surface area contributed by atoms with Crippen LogP contribution in [0.2, 0.25) is 10.0 Å². The van der Waals surface area contributed by atoms with Gasteiger partial charge in [0.2, 0.25) is 0 Å². The van der Waals surface area contributed by atoms with Gasteiger partial charge in [-0.15, -0.1) is 0 Å². The van der Waals surface area contributed by atoms with E-state index in [4.69, 9.17) is 27.9 Å². The standard InChI is InChI=1S/C33H28AsCl2F2N7O/c35-22-3-1-19(2-4-22)31(30-16-45(43-42-30)24-7-9-44(10-8-24)25-17-46-18-25)34-21-11-26-32(41-23-5-6-28(37)29(38)13-23)20(14-39)15-40-33(26)27(36)12-21/h1-6,11-13,15-16,24-25,31,34H,7-10,17-18H2,(H,40,41)/t31-/m0/s1. The van der Waals surface area contributed by atoms with Crippen LogP contribution in [0, 0.1) is 23.0 Å². The number of pyridine rings is 1. The van der Waals surface area contributed by atoms with Crippen molar-refractivity contribution in [1.29, 1.82) is 5.26 Å². The van der Waals surface area contributed by atoms with Gasteiger partial charge < -0.3 is 0 Å². The number of rotatable bonds is 8. The molecule has 0 amide bonds. The Morgan fingerprint density at radius 3 is 2.48 bits per heavy atom. The first-order valence-electron chi connectivity index (χ1n) is 14.9. The Kier molecular flexibility index (Phi) is 8.95. The molecule has 4 heterocycles. The molecule has 0 saturated carbocycles. The molecule has 46 heavy (non-hydrogen) atoms. The van der Waals surface area contributed by atoms with Gasteiger partial charge in [-0.1, -0.05) is 0 Å². The van der Waals surface area contributed by atoms with E-state index in [0.29, 0.717) is 38.4 Å². The fourth-order valence-corrected chi connectivity index (χ4v) is 9.56. The minimum absolute atomic E-state index is 0.0542. The van der Waals surface area contributed by atoms with Crippen LogP contribution < -0.4 is 9.67 Å². The van der Waals surface area contributed by atoms with Crippen LogP contribution in [0.1, 0.15) is 40.4 Å². The summed E-state index contributed by atoms with van der Waals surface area (Å²) in [7, 11) is 0. The average Bonchev–Trinajstić information content (AvgIpc) is 3.52. The van der Waals surface area contributed by atoms with Crippen molar-refractivity contribution in [2.24, 2.45) is 0 Å². The van der Waals surface area contributed by atoms with E-state index in [1.165, 1.54) is 12.3 Å². The van der Waals surface area contributed by atoms with Crippen molar-refractivity contribution in [2.45, 2.75) is 29.6 Å². The summed E-state index contributed by atoms with van der Waals surface area (Å²) < 4.78 is 36.0. The van der Waals surface area contributed by atoms with Crippen molar-refractivity contribution in [2.75, 3.05) is 31.6 Å². The number of piperidine rings is 1. The zero-order valence-electron chi connectivity index (χ0n) is 24.4. The van der Waals surface area contributed by atoms with Gasteiger partial charge in [0, 0.05) is 0 Å². The van der Waals surface area contributed by atoms with Crippen molar-refractivity contribution in [3.63, 3.8) is 0 Å². The number of fused-ring (bicyclic) bond motifs is 1. The number of hydrogen-bond donors (Lipinski definition) is 1. The van der Waals surface area contributed by atoms with Crippen molar-refractivity contribution in [3.8, 4) is 6.07 Å². The van der Waals surface area contributed by atoms with Gasteiger partial charge in [0.15, 0.2) is 0 Å². The van der Waals surface area contributed by atoms with Gasteiger partial charge >= 0.3 is 282 Å². The first-order chi connectivity index (χ1) is 22.4. The van der Waals surface area contributed by atoms with E-state index in [1.807, 2.05) is 41.1 Å². The van der Waals surface area contributed by atoms with E-state index in [9.17, 15) is 14.0 Å². The van der Waals surface area contributed by atoms with Gasteiger partial charge in [-0.2, -0.15) is 0 Å². The summed E-state index contributed by atoms with van der Waals surface area (Å²) in [5, 5.41) is 24.0. The molecule has 8 nitrogen and oxygen atoms in total. The molecule has 3 aromatic carbocycles. The van der Waals surface area contributed by atoms with Crippen molar-refractivity contribution in [3.05, 3.63) is 105 Å². The summed E-state index contributed by atoms with van der Waals surface area (Å²) in [4.78, 5) is 6.95. The first-order valence-corrected chi connectivity index (χ1v) is 17.9. The third kappa shape index (κ3) is 6.35. The number of ether oxygens (including phenoxy) is 1. The van der Waals surface area contributed by atoms with Crippen LogP contribution in [0.4, 0.5) is 20.2 Å². The summed E-state index contributed by atoms with van der Waals surface area (Å²) >= 11 is 12.1. The zero-order valence-corrected chi connectivity index (χ0v) is 28.0. The summed E-state index contributed by atoms with van der Waals surface area (Å²) in [6.07, 6.45) is 5.50. The predicted octanol–water partition coefficient (Wildman–Crippen LogP) is 5.91. The van der Waals surface area contributed by atoms with Crippen LogP contribution in [-0.2, 0) is 4.74 Å². The molecular formula is C33H28AsCl2F2N7O. The molecule has 234 valence electrons. The molecule has 0 aliphatic carbocycles. The number of halogens is 4. The predicted molar refractivity (Wildman–Crippen MR) is 176 cm³/mol. The summed E-state index contributed by atoms with van der Waals surface area (Å²) in [6, 6.07) is 18.1. The number of likely N-dealkylation sites (tertiary alicyclic amines) is 1. The van der Waals surface area contributed by atoms with Gasteiger partial charge in [-0.3, -0.25) is 0 Å². The molecule has 5 aromatic rings. The Bertz CT molecular complexity index is 1940. The van der Waals surface area contributed by atoms with Crippen molar-refractivity contribution >= 4 is 65.6 Å². The van der Waals surface area contributed by atoms with Crippen LogP contribution >= 0.6 is 23.2 Å². The van der Waals surface area contributed by atoms with Gasteiger partial charge in [-0.25, -0.2) is 0 Å². The van der Waals surface area contributed by atoms with Crippen LogP contribution in [0.25, 0.3) is 10.9 Å². The number of anilines is 2. The Balaban J connectivity index is 1.22. The number of hydrogen-bond acceptors (Lipinski definition) is 7. The van der Waals surface area contributed by atoms with E-state index >= 15 is 0 Å². The molecule has 2 aliphatic heterocycles. The maximum absolute atomic E-state index is 14.0. The third-order valence-corrected chi connectivity index (χ3v) is 12.4. The van der Waals surface area contributed by atoms with E-state index in [0.717, 1.165) is 66.9 Å². The number of nitriles is 1. The van der Waals surface area contributed by atoms with E-state index in [-0.39, 0.29) is 16.3 Å². The number of nitrogens with one attached hydrogen (secondary N) is 1. The molecule has 1 N–H and O–H groups in total. The molecule has 0 spiro atoms. The van der Waals surface area contributed by atoms with Gasteiger partial charge in [0.05, 0.1) is 0 Å². The summed E-state index contributed by atoms with van der Waals surface area (Å²) in [6.45, 7) is 3.66. The third-order valence-electron chi connectivity index (χ3n) is 8.58. The SMILES string of the molecule is N#Cc1cnc2c(Cl)cc([AsH][C@@H](c3ccc(Cl)cc3)c3cn(C4CCN(C5COC5)CC4)nn3)cc2c1Nc1ccc(F)c(F)c1. The van der Waals surface area contributed by atoms with Crippen LogP contribution in [0.3, 0.4) is 0 Å². The normalized spacial score (nSPS) is 16.9. The molecule has 13 heteroatoms. The van der Waals surface area contributed by atoms with E-state index < -0.39 is 27.4 Å². The zero-order chi connectivity index (χ0) is 31.8. The second-order valence-corrected chi connectivity index (χ2v) is 15.3. The fourth-order valence-electron chi connectivity index (χ4n) is 5.98. The molecule has 2 atom stereocenters. The molecule has 2 aromatic heterocycles. The topological polar surface area (TPSA) is 91.9 Å². The molecule has 2 aliphatic rings. The molecule has 0 radical (unpaired) electrons. The average molecular weight is 722 g/mol. The first kappa shape index (κ1) is 31.0. The number of nitrogens with zero attached hydrogens (tertiary/aromatic N) is 6. The molecule has 7 rings (SSSR count). The van der Waals surface area contributed by atoms with E-state index in [1.54, 1.807) is 0 Å². The van der Waals surface area contributed by atoms with Gasteiger partial charge in [0.25, 0.3) is 0 Å². The second-order valence-electron chi connectivity index (χ2n) is 11.5. The molecule has 2 saturated heterocycles.